The average molecular weight is 454 g/mol. The van der Waals surface area contributed by atoms with E-state index >= 15 is 0 Å². The molecule has 2 heterocycles. The van der Waals surface area contributed by atoms with Crippen molar-refractivity contribution < 1.29 is 0 Å². The van der Waals surface area contributed by atoms with Crippen LogP contribution in [0, 0.1) is 44.9 Å². The maximum Gasteiger partial charge on any atom is 0.150 e. The number of nitrogens with zero attached hydrogens (tertiary/aromatic N) is 5. The monoisotopic (exact) mass is 453 g/mol. The predicted octanol–water partition coefficient (Wildman–Crippen LogP) is 5.79. The summed E-state index contributed by atoms with van der Waals surface area (Å²) in [6, 6.07) is 6.69. The number of nitriles is 1. The lowest BCUT2D eigenvalue weighted by atomic mass is 10.1. The van der Waals surface area contributed by atoms with Gasteiger partial charge in [0.1, 0.15) is 11.6 Å². The summed E-state index contributed by atoms with van der Waals surface area (Å²) >= 11 is 3.59. The van der Waals surface area contributed by atoms with Gasteiger partial charge in [0.2, 0.25) is 0 Å². The molecule has 0 saturated carbocycles. The van der Waals surface area contributed by atoms with Gasteiger partial charge < -0.3 is 9.47 Å². The van der Waals surface area contributed by atoms with Gasteiger partial charge in [-0.25, -0.2) is 9.97 Å². The third-order valence-electron chi connectivity index (χ3n) is 5.42. The van der Waals surface area contributed by atoms with E-state index in [1.54, 1.807) is 0 Å². The van der Waals surface area contributed by atoms with Gasteiger partial charge in [-0.05, 0) is 69.9 Å². The molecule has 0 spiro atoms. The molecule has 0 amide bonds. The van der Waals surface area contributed by atoms with Crippen LogP contribution in [0.3, 0.4) is 0 Å². The fraction of sp³-hybridized carbons (Fsp3) is 0.435. The highest BCUT2D eigenvalue weighted by molar-refractivity contribution is 9.10. The maximum absolute atomic E-state index is 9.46. The van der Waals surface area contributed by atoms with E-state index in [1.807, 2.05) is 6.92 Å². The van der Waals surface area contributed by atoms with Gasteiger partial charge in [-0.3, -0.25) is 0 Å². The van der Waals surface area contributed by atoms with Crippen LogP contribution in [-0.2, 0) is 0 Å². The van der Waals surface area contributed by atoms with Crippen LogP contribution in [0.2, 0.25) is 0 Å². The van der Waals surface area contributed by atoms with Gasteiger partial charge in [0.15, 0.2) is 5.65 Å². The van der Waals surface area contributed by atoms with Crippen LogP contribution in [0.25, 0.3) is 16.7 Å². The van der Waals surface area contributed by atoms with Gasteiger partial charge in [0, 0.05) is 23.8 Å². The molecule has 0 aliphatic heterocycles. The van der Waals surface area contributed by atoms with Gasteiger partial charge in [0.25, 0.3) is 0 Å². The molecule has 6 heteroatoms. The highest BCUT2D eigenvalue weighted by Gasteiger charge is 2.21. The van der Waals surface area contributed by atoms with Crippen molar-refractivity contribution in [2.45, 2.75) is 48.0 Å². The molecule has 0 radical (unpaired) electrons. The molecular formula is C23H28BrN5. The first-order chi connectivity index (χ1) is 13.8. The number of halogens is 1. The van der Waals surface area contributed by atoms with E-state index in [0.717, 1.165) is 51.4 Å². The molecule has 0 saturated heterocycles. The van der Waals surface area contributed by atoms with Crippen LogP contribution in [0.1, 0.15) is 42.8 Å². The smallest absolute Gasteiger partial charge is 0.150 e. The Hall–Kier alpha value is -2.39. The minimum absolute atomic E-state index is 0.0152. The van der Waals surface area contributed by atoms with E-state index in [2.05, 4.69) is 84.4 Å². The Bertz CT molecular complexity index is 1070. The molecule has 0 aliphatic carbocycles. The van der Waals surface area contributed by atoms with Gasteiger partial charge in [0.05, 0.1) is 23.1 Å². The van der Waals surface area contributed by atoms with E-state index in [0.29, 0.717) is 6.54 Å². The highest BCUT2D eigenvalue weighted by atomic mass is 79.9. The number of hydrogen-bond donors (Lipinski definition) is 0. The highest BCUT2D eigenvalue weighted by Crippen LogP contribution is 2.33. The molecule has 2 aromatic heterocycles. The first kappa shape index (κ1) is 21.3. The zero-order chi connectivity index (χ0) is 21.3. The molecule has 0 aliphatic rings. The van der Waals surface area contributed by atoms with Crippen molar-refractivity contribution in [1.29, 1.82) is 5.26 Å². The molecule has 0 bridgehead atoms. The third-order valence-corrected chi connectivity index (χ3v) is 5.88. The fourth-order valence-electron chi connectivity index (χ4n) is 3.96. The Balaban J connectivity index is 2.26. The lowest BCUT2D eigenvalue weighted by molar-refractivity contribution is 0.610. The summed E-state index contributed by atoms with van der Waals surface area (Å²) in [6.45, 7) is 13.9. The summed E-state index contributed by atoms with van der Waals surface area (Å²) in [5, 5.41) is 10.5. The van der Waals surface area contributed by atoms with Crippen molar-refractivity contribution in [1.82, 2.24) is 14.5 Å². The van der Waals surface area contributed by atoms with Crippen LogP contribution < -0.4 is 4.90 Å². The number of rotatable bonds is 6. The summed E-state index contributed by atoms with van der Waals surface area (Å²) in [7, 11) is 0. The van der Waals surface area contributed by atoms with Crippen molar-refractivity contribution in [3.05, 3.63) is 45.3 Å². The molecular weight excluding hydrogens is 426 g/mol. The molecule has 152 valence electrons. The number of aromatic nitrogens is 3. The first-order valence-electron chi connectivity index (χ1n) is 10.1. The van der Waals surface area contributed by atoms with Crippen molar-refractivity contribution in [2.24, 2.45) is 5.92 Å². The largest absolute Gasteiger partial charge is 0.355 e. The molecule has 1 aromatic carbocycles. The first-order valence-corrected chi connectivity index (χ1v) is 10.9. The summed E-state index contributed by atoms with van der Waals surface area (Å²) in [6.07, 6.45) is 2.98. The fourth-order valence-corrected chi connectivity index (χ4v) is 4.65. The summed E-state index contributed by atoms with van der Waals surface area (Å²) in [5.74, 6) is 1.65. The summed E-state index contributed by atoms with van der Waals surface area (Å²) in [5.41, 5.74) is 5.59. The van der Waals surface area contributed by atoms with Crippen molar-refractivity contribution in [3.8, 4) is 11.8 Å². The van der Waals surface area contributed by atoms with Crippen LogP contribution in [0.5, 0.6) is 0 Å². The number of fused-ring (bicyclic) bond motifs is 1. The number of benzene rings is 1. The molecule has 3 rings (SSSR count). The Morgan fingerprint density at radius 3 is 2.31 bits per heavy atom. The zero-order valence-electron chi connectivity index (χ0n) is 18.0. The Kier molecular flexibility index (Phi) is 6.28. The van der Waals surface area contributed by atoms with Crippen molar-refractivity contribution >= 4 is 32.8 Å². The predicted molar refractivity (Wildman–Crippen MR) is 123 cm³/mol. The summed E-state index contributed by atoms with van der Waals surface area (Å²) < 4.78 is 3.27. The van der Waals surface area contributed by atoms with Gasteiger partial charge in [-0.15, -0.1) is 0 Å². The van der Waals surface area contributed by atoms with Crippen LogP contribution >= 0.6 is 15.9 Å². The Labute approximate surface area is 181 Å². The van der Waals surface area contributed by atoms with E-state index in [1.165, 1.54) is 11.1 Å². The Morgan fingerprint density at radius 1 is 1.10 bits per heavy atom. The molecule has 1 unspecified atom stereocenters. The second-order valence-corrected chi connectivity index (χ2v) is 8.55. The normalized spacial score (nSPS) is 12.2. The van der Waals surface area contributed by atoms with E-state index < -0.39 is 0 Å². The lowest BCUT2D eigenvalue weighted by Crippen LogP contribution is -2.30. The molecule has 3 aromatic rings. The molecule has 0 N–H and O–H groups in total. The van der Waals surface area contributed by atoms with Gasteiger partial charge in [-0.1, -0.05) is 22.9 Å². The molecule has 29 heavy (non-hydrogen) atoms. The van der Waals surface area contributed by atoms with E-state index in [4.69, 9.17) is 9.97 Å². The van der Waals surface area contributed by atoms with Crippen molar-refractivity contribution in [3.63, 3.8) is 0 Å². The standard InChI is InChI=1S/C23H28BrN5/c1-7-18(11-25)13-28(8-2)22-20-16(5)12-29(23(20)27-17(6)26-22)21-14(3)9-19(24)10-15(21)4/h9-10,12,18H,7-8,13H2,1-6H3. The lowest BCUT2D eigenvalue weighted by Gasteiger charge is -2.25. The van der Waals surface area contributed by atoms with Crippen LogP contribution in [-0.4, -0.2) is 27.6 Å². The SMILES string of the molecule is CCC(C#N)CN(CC)c1nc(C)nc2c1c(C)cn2-c1c(C)cc(Br)cc1C. The Morgan fingerprint density at radius 2 is 1.76 bits per heavy atom. The molecule has 5 nitrogen and oxygen atoms in total. The van der Waals surface area contributed by atoms with Crippen LogP contribution in [0.4, 0.5) is 5.82 Å². The second-order valence-electron chi connectivity index (χ2n) is 7.64. The minimum Gasteiger partial charge on any atom is -0.355 e. The second kappa shape index (κ2) is 8.54. The van der Waals surface area contributed by atoms with Gasteiger partial charge in [-0.2, -0.15) is 5.26 Å². The molecule has 0 fully saturated rings. The number of hydrogen-bond acceptors (Lipinski definition) is 4. The van der Waals surface area contributed by atoms with Crippen LogP contribution in [0.15, 0.2) is 22.8 Å². The summed E-state index contributed by atoms with van der Waals surface area (Å²) in [4.78, 5) is 11.8. The van der Waals surface area contributed by atoms with Crippen molar-refractivity contribution in [2.75, 3.05) is 18.0 Å². The minimum atomic E-state index is -0.0152. The third kappa shape index (κ3) is 4.02. The zero-order valence-corrected chi connectivity index (χ0v) is 19.6. The molecule has 1 atom stereocenters. The van der Waals surface area contributed by atoms with E-state index in [-0.39, 0.29) is 5.92 Å². The topological polar surface area (TPSA) is 57.7 Å². The van der Waals surface area contributed by atoms with E-state index in [9.17, 15) is 5.26 Å². The van der Waals surface area contributed by atoms with Gasteiger partial charge >= 0.3 is 0 Å². The number of aryl methyl sites for hydroxylation is 4. The number of anilines is 1. The maximum atomic E-state index is 9.46. The average Bonchev–Trinajstić information content (AvgIpc) is 2.97. The quantitative estimate of drug-likeness (QED) is 0.473.